The highest BCUT2D eigenvalue weighted by Gasteiger charge is 2.05. The van der Waals surface area contributed by atoms with E-state index in [1.807, 2.05) is 35.1 Å². The number of aryl methyl sites for hydroxylation is 1. The number of rotatable bonds is 5. The van der Waals surface area contributed by atoms with Gasteiger partial charge >= 0.3 is 0 Å². The van der Waals surface area contributed by atoms with Crippen LogP contribution in [0, 0.1) is 0 Å². The Hall–Kier alpha value is -1.59. The number of nitrogens with zero attached hydrogens (tertiary/aromatic N) is 3. The molecule has 1 aromatic carbocycles. The SMILES string of the molecule is Clc1cccc2nc(NCCCn3cccn3)sc12. The molecule has 0 aliphatic rings. The molecular formula is C13H13ClN4S. The van der Waals surface area contributed by atoms with Crippen molar-refractivity contribution in [2.45, 2.75) is 13.0 Å². The van der Waals surface area contributed by atoms with Gasteiger partial charge in [0.2, 0.25) is 0 Å². The molecular weight excluding hydrogens is 280 g/mol. The average molecular weight is 293 g/mol. The summed E-state index contributed by atoms with van der Waals surface area (Å²) >= 11 is 7.73. The number of thiazole rings is 1. The molecule has 0 spiro atoms. The first kappa shape index (κ1) is 12.4. The van der Waals surface area contributed by atoms with Crippen LogP contribution in [0.1, 0.15) is 6.42 Å². The van der Waals surface area contributed by atoms with Crippen LogP contribution in [-0.2, 0) is 6.54 Å². The first-order valence-corrected chi connectivity index (χ1v) is 7.29. The third kappa shape index (κ3) is 2.88. The summed E-state index contributed by atoms with van der Waals surface area (Å²) in [5, 5.41) is 9.18. The summed E-state index contributed by atoms with van der Waals surface area (Å²) < 4.78 is 2.97. The summed E-state index contributed by atoms with van der Waals surface area (Å²) in [6.45, 7) is 1.78. The second-order valence-electron chi connectivity index (χ2n) is 4.16. The van der Waals surface area contributed by atoms with Gasteiger partial charge in [-0.25, -0.2) is 4.98 Å². The lowest BCUT2D eigenvalue weighted by Gasteiger charge is -2.02. The normalized spacial score (nSPS) is 11.0. The highest BCUT2D eigenvalue weighted by atomic mass is 35.5. The largest absolute Gasteiger partial charge is 0.361 e. The third-order valence-corrected chi connectivity index (χ3v) is 4.26. The average Bonchev–Trinajstić information content (AvgIpc) is 3.04. The van der Waals surface area contributed by atoms with Crippen LogP contribution in [0.4, 0.5) is 5.13 Å². The quantitative estimate of drug-likeness (QED) is 0.730. The molecule has 0 unspecified atom stereocenters. The van der Waals surface area contributed by atoms with Crippen LogP contribution in [0.25, 0.3) is 10.2 Å². The topological polar surface area (TPSA) is 42.7 Å². The van der Waals surface area contributed by atoms with Crippen LogP contribution < -0.4 is 5.32 Å². The minimum Gasteiger partial charge on any atom is -0.361 e. The maximum atomic E-state index is 6.13. The summed E-state index contributed by atoms with van der Waals surface area (Å²) in [6, 6.07) is 7.73. The summed E-state index contributed by atoms with van der Waals surface area (Å²) in [6.07, 6.45) is 4.77. The van der Waals surface area contributed by atoms with E-state index in [1.165, 1.54) is 0 Å². The fourth-order valence-corrected chi connectivity index (χ4v) is 3.04. The molecule has 0 saturated heterocycles. The fourth-order valence-electron chi connectivity index (χ4n) is 1.86. The zero-order valence-electron chi connectivity index (χ0n) is 10.2. The Bertz CT molecular complexity index is 662. The number of hydrogen-bond acceptors (Lipinski definition) is 4. The van der Waals surface area contributed by atoms with Crippen LogP contribution in [0.3, 0.4) is 0 Å². The van der Waals surface area contributed by atoms with Gasteiger partial charge < -0.3 is 5.32 Å². The molecule has 98 valence electrons. The van der Waals surface area contributed by atoms with Crippen LogP contribution in [0.2, 0.25) is 5.02 Å². The Balaban J connectivity index is 1.58. The van der Waals surface area contributed by atoms with Gasteiger partial charge in [-0.1, -0.05) is 29.0 Å². The predicted octanol–water partition coefficient (Wildman–Crippen LogP) is 3.65. The molecule has 1 N–H and O–H groups in total. The van der Waals surface area contributed by atoms with Gasteiger partial charge in [0.1, 0.15) is 0 Å². The Morgan fingerprint density at radius 3 is 3.05 bits per heavy atom. The number of aromatic nitrogens is 3. The summed E-state index contributed by atoms with van der Waals surface area (Å²) in [4.78, 5) is 4.51. The van der Waals surface area contributed by atoms with Gasteiger partial charge in [0, 0.05) is 25.5 Å². The summed E-state index contributed by atoms with van der Waals surface area (Å²) in [5.41, 5.74) is 0.951. The van der Waals surface area contributed by atoms with Crippen LogP contribution in [-0.4, -0.2) is 21.3 Å². The molecule has 2 heterocycles. The predicted molar refractivity (Wildman–Crippen MR) is 80.0 cm³/mol. The Labute approximate surface area is 120 Å². The highest BCUT2D eigenvalue weighted by Crippen LogP contribution is 2.31. The zero-order valence-corrected chi connectivity index (χ0v) is 11.8. The van der Waals surface area contributed by atoms with Gasteiger partial charge in [-0.2, -0.15) is 5.10 Å². The van der Waals surface area contributed by atoms with Gasteiger partial charge in [0.15, 0.2) is 5.13 Å². The van der Waals surface area contributed by atoms with Crippen LogP contribution >= 0.6 is 22.9 Å². The molecule has 0 amide bonds. The highest BCUT2D eigenvalue weighted by molar-refractivity contribution is 7.22. The second kappa shape index (κ2) is 5.59. The molecule has 0 aliphatic carbocycles. The lowest BCUT2D eigenvalue weighted by Crippen LogP contribution is -2.06. The molecule has 0 saturated carbocycles. The number of nitrogens with one attached hydrogen (secondary N) is 1. The van der Waals surface area contributed by atoms with Crippen molar-refractivity contribution in [3.8, 4) is 0 Å². The van der Waals surface area contributed by atoms with E-state index in [0.29, 0.717) is 0 Å². The van der Waals surface area contributed by atoms with E-state index >= 15 is 0 Å². The van der Waals surface area contributed by atoms with Gasteiger partial charge in [0.05, 0.1) is 15.2 Å². The van der Waals surface area contributed by atoms with E-state index in [2.05, 4.69) is 15.4 Å². The van der Waals surface area contributed by atoms with E-state index in [9.17, 15) is 0 Å². The Morgan fingerprint density at radius 1 is 1.32 bits per heavy atom. The standard InChI is InChI=1S/C13H13ClN4S/c14-10-4-1-5-11-12(10)19-13(17-11)15-6-2-8-18-9-3-7-16-18/h1,3-5,7,9H,2,6,8H2,(H,15,17). The van der Waals surface area contributed by atoms with E-state index in [0.717, 1.165) is 39.9 Å². The number of fused-ring (bicyclic) bond motifs is 1. The Kier molecular flexibility index (Phi) is 3.66. The number of benzene rings is 1. The van der Waals surface area contributed by atoms with Crippen LogP contribution in [0.15, 0.2) is 36.7 Å². The molecule has 3 aromatic rings. The van der Waals surface area contributed by atoms with E-state index in [-0.39, 0.29) is 0 Å². The first-order chi connectivity index (χ1) is 9.33. The first-order valence-electron chi connectivity index (χ1n) is 6.09. The van der Waals surface area contributed by atoms with Gasteiger partial charge in [-0.15, -0.1) is 0 Å². The minimum absolute atomic E-state index is 0.764. The molecule has 0 bridgehead atoms. The van der Waals surface area contributed by atoms with Gasteiger partial charge in [-0.05, 0) is 24.6 Å². The molecule has 0 atom stereocenters. The molecule has 6 heteroatoms. The zero-order chi connectivity index (χ0) is 13.1. The minimum atomic E-state index is 0.764. The van der Waals surface area contributed by atoms with Gasteiger partial charge in [0.25, 0.3) is 0 Å². The van der Waals surface area contributed by atoms with E-state index in [4.69, 9.17) is 11.6 Å². The fraction of sp³-hybridized carbons (Fsp3) is 0.231. The number of anilines is 1. The maximum Gasteiger partial charge on any atom is 0.183 e. The van der Waals surface area contributed by atoms with Crippen molar-refractivity contribution < 1.29 is 0 Å². The smallest absolute Gasteiger partial charge is 0.183 e. The third-order valence-electron chi connectivity index (χ3n) is 2.77. The monoisotopic (exact) mass is 292 g/mol. The lowest BCUT2D eigenvalue weighted by molar-refractivity contribution is 0.592. The molecule has 2 aromatic heterocycles. The van der Waals surface area contributed by atoms with Crippen molar-refractivity contribution in [1.82, 2.24) is 14.8 Å². The van der Waals surface area contributed by atoms with Crippen molar-refractivity contribution in [3.63, 3.8) is 0 Å². The molecule has 4 nitrogen and oxygen atoms in total. The number of hydrogen-bond donors (Lipinski definition) is 1. The van der Waals surface area contributed by atoms with E-state index in [1.54, 1.807) is 17.5 Å². The second-order valence-corrected chi connectivity index (χ2v) is 5.56. The van der Waals surface area contributed by atoms with Crippen molar-refractivity contribution in [2.75, 3.05) is 11.9 Å². The number of halogens is 1. The van der Waals surface area contributed by atoms with E-state index < -0.39 is 0 Å². The van der Waals surface area contributed by atoms with Crippen LogP contribution in [0.5, 0.6) is 0 Å². The van der Waals surface area contributed by atoms with Crippen molar-refractivity contribution in [3.05, 3.63) is 41.7 Å². The molecule has 0 aliphatic heterocycles. The molecule has 0 fully saturated rings. The summed E-state index contributed by atoms with van der Waals surface area (Å²) in [5.74, 6) is 0. The van der Waals surface area contributed by atoms with Gasteiger partial charge in [-0.3, -0.25) is 4.68 Å². The lowest BCUT2D eigenvalue weighted by atomic mass is 10.3. The molecule has 3 rings (SSSR count). The molecule has 0 radical (unpaired) electrons. The Morgan fingerprint density at radius 2 is 2.26 bits per heavy atom. The van der Waals surface area contributed by atoms with Crippen molar-refractivity contribution in [2.24, 2.45) is 0 Å². The van der Waals surface area contributed by atoms with Crippen molar-refractivity contribution >= 4 is 38.3 Å². The van der Waals surface area contributed by atoms with Crippen molar-refractivity contribution in [1.29, 1.82) is 0 Å². The summed E-state index contributed by atoms with van der Waals surface area (Å²) in [7, 11) is 0. The molecule has 19 heavy (non-hydrogen) atoms. The maximum absolute atomic E-state index is 6.13.